The highest BCUT2D eigenvalue weighted by atomic mass is 16.4. The zero-order valence-corrected chi connectivity index (χ0v) is 63.5. The van der Waals surface area contributed by atoms with E-state index in [2.05, 4.69) is 144 Å². The Morgan fingerprint density at radius 1 is 0.349 bits per heavy atom. The first-order chi connectivity index (χ1) is 56.4. The molecule has 0 amide bonds. The topological polar surface area (TPSA) is 120 Å². The van der Waals surface area contributed by atoms with Gasteiger partial charge in [-0.1, -0.05) is 87.6 Å². The van der Waals surface area contributed by atoms with Crippen molar-refractivity contribution in [2.75, 3.05) is 0 Å². The van der Waals surface area contributed by atoms with Crippen LogP contribution in [0.25, 0.3) is 133 Å². The minimum absolute atomic E-state index is 0.0729. The number of rotatable bonds is 7. The molecule has 0 saturated heterocycles. The average molecular weight is 1420 g/mol. The van der Waals surface area contributed by atoms with Crippen LogP contribution in [-0.2, 0) is 34.6 Å². The van der Waals surface area contributed by atoms with Crippen molar-refractivity contribution >= 4 is 88.3 Å². The zero-order valence-electron chi connectivity index (χ0n) is 77.5. The molecular formula is C94H100N8O4+4. The second-order valence-corrected chi connectivity index (χ2v) is 29.0. The van der Waals surface area contributed by atoms with Gasteiger partial charge in [-0.25, -0.2) is 38.2 Å². The maximum atomic E-state index is 9.00. The summed E-state index contributed by atoms with van der Waals surface area (Å²) in [5.74, 6) is -3.45. The van der Waals surface area contributed by atoms with Crippen molar-refractivity contribution in [3.63, 3.8) is 0 Å². The number of nitrogens with zero attached hydrogens (tertiary/aromatic N) is 8. The molecule has 0 aliphatic heterocycles. The summed E-state index contributed by atoms with van der Waals surface area (Å²) < 4.78 is 148. The van der Waals surface area contributed by atoms with E-state index >= 15 is 0 Å². The summed E-state index contributed by atoms with van der Waals surface area (Å²) in [4.78, 5) is 18.4. The lowest BCUT2D eigenvalue weighted by atomic mass is 9.86. The maximum Gasteiger partial charge on any atom is 0.227 e. The lowest BCUT2D eigenvalue weighted by Gasteiger charge is -2.20. The molecule has 2 aliphatic rings. The van der Waals surface area contributed by atoms with Gasteiger partial charge in [0.05, 0.1) is 22.3 Å². The van der Waals surface area contributed by atoms with Gasteiger partial charge >= 0.3 is 0 Å². The van der Waals surface area contributed by atoms with E-state index < -0.39 is 44.6 Å². The van der Waals surface area contributed by atoms with Crippen LogP contribution >= 0.6 is 0 Å². The first kappa shape index (κ1) is 55.7. The molecule has 536 valence electrons. The number of aryl methyl sites for hydroxylation is 18. The molecule has 12 heterocycles. The molecule has 12 aromatic heterocycles. The van der Waals surface area contributed by atoms with Gasteiger partial charge in [0.25, 0.3) is 0 Å². The van der Waals surface area contributed by atoms with Crippen molar-refractivity contribution < 1.29 is 55.1 Å². The molecule has 0 radical (unpaired) electrons. The van der Waals surface area contributed by atoms with Crippen LogP contribution in [0.5, 0.6) is 0 Å². The van der Waals surface area contributed by atoms with Crippen molar-refractivity contribution in [2.24, 2.45) is 28.2 Å². The molecule has 16 aromatic rings. The van der Waals surface area contributed by atoms with Gasteiger partial charge in [0.15, 0.2) is 47.1 Å². The van der Waals surface area contributed by atoms with Crippen molar-refractivity contribution in [2.45, 2.75) is 173 Å². The smallest absolute Gasteiger partial charge is 0.227 e. The molecule has 12 nitrogen and oxygen atoms in total. The largest absolute Gasteiger partial charge is 0.437 e. The Bertz CT molecular complexity index is 6860. The minimum Gasteiger partial charge on any atom is -0.437 e. The van der Waals surface area contributed by atoms with Crippen LogP contribution in [0.2, 0.25) is 0 Å². The molecule has 4 aromatic carbocycles. The highest BCUT2D eigenvalue weighted by molar-refractivity contribution is 6.12. The van der Waals surface area contributed by atoms with Crippen molar-refractivity contribution in [3.05, 3.63) is 236 Å². The van der Waals surface area contributed by atoms with Crippen LogP contribution in [0.3, 0.4) is 0 Å². The lowest BCUT2D eigenvalue weighted by molar-refractivity contribution is -0.660. The highest BCUT2D eigenvalue weighted by Gasteiger charge is 2.29. The molecule has 0 bridgehead atoms. The molecule has 2 saturated carbocycles. The SMILES string of the molecule is [2H]C([2H])([2H])c1c[n+](C)c(-c2c(C)ccc3c2oc2nc(C)ccc23)cc1C.[2H]C([2H])([2H])c1c[n+](C)c(-c2c(C)ccc3c2oc2nc(CC)ccc23)cc1C.[2H]C1([2H])CCCC([2H])([2H])C1([2H])c1ccc2c(n1)oc1c(-c3cc(C)c(C)c[n+]3C)c(C)ccc12.[2H]C1([2H])CCCC1([2H])c1ccc2c(n1)oc1c(-c3cc(C)c(C)c[n+]3C)c(C)ccc12. The average Bonchev–Trinajstić information content (AvgIpc) is 1.08. The second kappa shape index (κ2) is 28.6. The van der Waals surface area contributed by atoms with Gasteiger partial charge in [0, 0.05) is 143 Å². The third kappa shape index (κ3) is 13.1. The van der Waals surface area contributed by atoms with Crippen LogP contribution < -0.4 is 18.3 Å². The molecule has 0 spiro atoms. The van der Waals surface area contributed by atoms with Crippen LogP contribution in [0.15, 0.2) is 164 Å². The number of hydrogen-bond donors (Lipinski definition) is 0. The number of benzene rings is 4. The first-order valence-electron chi connectivity index (χ1n) is 43.6. The number of aromatic nitrogens is 8. The standard InChI is InChI=1S/C26H29N2O.C25H27N2O.C22H23N2O.C21H21N2O/c1-16-10-11-20-21-12-13-22(19-8-6-5-7-9-19)27-26(21)29-25(20)24(16)23-14-17(2)18(3)15-28(23)4;1-15-9-10-19-20-11-12-21(18-7-5-6-8-18)26-25(20)28-24(19)23(15)22-13-16(2)17(3)14-27(22)4;1-6-16-8-10-18-17-9-7-13(2)20(21(17)25-22(18)23-16)19-11-14(3)15(4)12-24(19)5;1-12-6-8-16-17-9-7-15(4)22-21(17)24-20(16)19(12)18-10-13(2)14(3)11-23(18)5/h10-15,19H,5-9H2,1-4H3;9-14,18H,5-8H2,1-4H3;7-12H,6H2,1-5H3;6-11H,1-5H3/q4*+1/i8D2,9D2,19D;7D2,18D;4D3;3D3. The Morgan fingerprint density at radius 3 is 1.05 bits per heavy atom. The van der Waals surface area contributed by atoms with Gasteiger partial charge in [-0.15, -0.1) is 0 Å². The summed E-state index contributed by atoms with van der Waals surface area (Å²) in [5, 5.41) is 7.55. The van der Waals surface area contributed by atoms with E-state index in [-0.39, 0.29) is 18.5 Å². The van der Waals surface area contributed by atoms with Gasteiger partial charge in [-0.2, -0.15) is 0 Å². The number of pyridine rings is 8. The Balaban J connectivity index is 0.000000125. The fraction of sp³-hybridized carbons (Fsp3) is 0.319. The molecule has 1 unspecified atom stereocenters. The monoisotopic (exact) mass is 1420 g/mol. The van der Waals surface area contributed by atoms with Crippen molar-refractivity contribution in [3.8, 4) is 45.0 Å². The highest BCUT2D eigenvalue weighted by Crippen LogP contribution is 2.44. The maximum absolute atomic E-state index is 9.00. The summed E-state index contributed by atoms with van der Waals surface area (Å²) in [6, 6.07) is 39.9. The van der Waals surface area contributed by atoms with Crippen LogP contribution in [-0.4, -0.2) is 19.9 Å². The molecule has 0 N–H and O–H groups in total. The number of furan rings is 4. The summed E-state index contributed by atoms with van der Waals surface area (Å²) in [6.45, 7) is 20.0. The zero-order chi connectivity index (χ0) is 86.5. The number of hydrogen-bond acceptors (Lipinski definition) is 8. The fourth-order valence-corrected chi connectivity index (χ4v) is 15.0. The van der Waals surface area contributed by atoms with Gasteiger partial charge in [-0.05, 0) is 215 Å². The van der Waals surface area contributed by atoms with E-state index in [4.69, 9.17) is 36.9 Å². The Morgan fingerprint density at radius 2 is 0.670 bits per heavy atom. The predicted molar refractivity (Wildman–Crippen MR) is 431 cm³/mol. The fourth-order valence-electron chi connectivity index (χ4n) is 15.0. The van der Waals surface area contributed by atoms with E-state index in [1.54, 1.807) is 24.5 Å². The van der Waals surface area contributed by atoms with Gasteiger partial charge < -0.3 is 17.7 Å². The lowest BCUT2D eigenvalue weighted by Crippen LogP contribution is -2.31. The third-order valence-electron chi connectivity index (χ3n) is 21.4. The molecule has 12 heteroatoms. The van der Waals surface area contributed by atoms with E-state index in [0.29, 0.717) is 70.9 Å². The second-order valence-electron chi connectivity index (χ2n) is 29.0. The summed E-state index contributed by atoms with van der Waals surface area (Å²) in [7, 11) is 7.80. The first-order valence-corrected chi connectivity index (χ1v) is 36.6. The molecule has 106 heavy (non-hydrogen) atoms. The van der Waals surface area contributed by atoms with Gasteiger partial charge in [0.1, 0.15) is 28.2 Å². The van der Waals surface area contributed by atoms with Crippen molar-refractivity contribution in [1.82, 2.24) is 19.9 Å². The quantitative estimate of drug-likeness (QED) is 0.145. The Kier molecular flexibility index (Phi) is 15.0. The Hall–Kier alpha value is -10.7. The molecular weight excluding hydrogens is 1310 g/mol. The minimum atomic E-state index is -2.14. The molecule has 2 fully saturated rings. The summed E-state index contributed by atoms with van der Waals surface area (Å²) in [5.41, 5.74) is 26.7. The summed E-state index contributed by atoms with van der Waals surface area (Å²) >= 11 is 0. The van der Waals surface area contributed by atoms with E-state index in [1.807, 2.05) is 127 Å². The van der Waals surface area contributed by atoms with Crippen LogP contribution in [0.1, 0.15) is 185 Å². The van der Waals surface area contributed by atoms with Crippen molar-refractivity contribution in [1.29, 1.82) is 0 Å². The van der Waals surface area contributed by atoms with E-state index in [1.165, 1.54) is 22.3 Å². The van der Waals surface area contributed by atoms with E-state index in [9.17, 15) is 0 Å². The summed E-state index contributed by atoms with van der Waals surface area (Å²) in [6.07, 6.45) is 5.02. The molecule has 2 aliphatic carbocycles. The number of fused-ring (bicyclic) bond motifs is 12. The molecule has 1 atom stereocenters. The van der Waals surface area contributed by atoms with Gasteiger partial charge in [0.2, 0.25) is 45.6 Å². The third-order valence-corrected chi connectivity index (χ3v) is 21.4. The Labute approximate surface area is 642 Å². The molecule has 18 rings (SSSR count). The van der Waals surface area contributed by atoms with Crippen LogP contribution in [0, 0.1) is 89.9 Å². The van der Waals surface area contributed by atoms with E-state index in [0.717, 1.165) is 156 Å². The predicted octanol–water partition coefficient (Wildman–Crippen LogP) is 22.2. The van der Waals surface area contributed by atoms with Crippen LogP contribution in [0.4, 0.5) is 0 Å². The normalized spacial score (nSPS) is 18.7. The van der Waals surface area contributed by atoms with Gasteiger partial charge in [-0.3, -0.25) is 0 Å².